The highest BCUT2D eigenvalue weighted by Crippen LogP contribution is 2.18. The number of hydrogen-bond donors (Lipinski definition) is 0. The molecule has 2 heterocycles. The van der Waals surface area contributed by atoms with Crippen LogP contribution in [-0.4, -0.2) is 72.9 Å². The summed E-state index contributed by atoms with van der Waals surface area (Å²) in [7, 11) is 2.89. The van der Waals surface area contributed by atoms with Crippen LogP contribution in [-0.2, 0) is 9.57 Å². The molecule has 1 saturated heterocycles. The Morgan fingerprint density at radius 3 is 2.42 bits per heavy atom. The summed E-state index contributed by atoms with van der Waals surface area (Å²) in [5, 5.41) is 1.07. The van der Waals surface area contributed by atoms with E-state index in [0.29, 0.717) is 32.2 Å². The lowest BCUT2D eigenvalue weighted by Crippen LogP contribution is -2.50. The monoisotopic (exact) mass is 340 g/mol. The second-order valence-corrected chi connectivity index (χ2v) is 6.45. The molecular weight excluding hydrogens is 316 g/mol. The second kappa shape index (κ2) is 7.08. The average molecular weight is 340 g/mol. The molecule has 1 aliphatic heterocycles. The van der Waals surface area contributed by atoms with E-state index in [9.17, 15) is 9.59 Å². The van der Waals surface area contributed by atoms with E-state index in [2.05, 4.69) is 4.98 Å². The number of nitrogens with zero attached hydrogens (tertiary/aromatic N) is 4. The Morgan fingerprint density at radius 2 is 1.88 bits per heavy atom. The van der Waals surface area contributed by atoms with E-state index >= 15 is 0 Å². The number of oxazole rings is 1. The normalized spacial score (nSPS) is 15.4. The number of hydrogen-bond acceptors (Lipinski definition) is 7. The minimum absolute atomic E-state index is 0.170. The Bertz CT molecular complexity index is 587. The van der Waals surface area contributed by atoms with Crippen molar-refractivity contribution in [2.75, 3.05) is 45.2 Å². The fourth-order valence-corrected chi connectivity index (χ4v) is 2.16. The molecular formula is C15H24N4O5. The van der Waals surface area contributed by atoms with Crippen LogP contribution < -0.4 is 4.90 Å². The molecule has 0 bridgehead atoms. The van der Waals surface area contributed by atoms with Gasteiger partial charge in [0.25, 0.3) is 11.9 Å². The van der Waals surface area contributed by atoms with E-state index in [1.807, 2.05) is 25.7 Å². The van der Waals surface area contributed by atoms with Gasteiger partial charge in [0.15, 0.2) is 5.69 Å². The molecule has 0 N–H and O–H groups in total. The van der Waals surface area contributed by atoms with Gasteiger partial charge in [0.05, 0.1) is 7.11 Å². The predicted molar refractivity (Wildman–Crippen MR) is 85.6 cm³/mol. The van der Waals surface area contributed by atoms with E-state index in [4.69, 9.17) is 14.0 Å². The summed E-state index contributed by atoms with van der Waals surface area (Å²) in [5.74, 6) is -0.389. The van der Waals surface area contributed by atoms with E-state index in [1.54, 1.807) is 4.90 Å². The fourth-order valence-electron chi connectivity index (χ4n) is 2.16. The first-order valence-electron chi connectivity index (χ1n) is 7.72. The van der Waals surface area contributed by atoms with Gasteiger partial charge in [-0.25, -0.2) is 9.86 Å². The summed E-state index contributed by atoms with van der Waals surface area (Å²) in [6, 6.07) is 0.353. The number of carbonyl (C=O) groups is 2. The number of anilines is 1. The molecule has 9 nitrogen and oxygen atoms in total. The van der Waals surface area contributed by atoms with Crippen molar-refractivity contribution >= 4 is 18.0 Å². The van der Waals surface area contributed by atoms with Crippen LogP contribution in [0.15, 0.2) is 10.7 Å². The lowest BCUT2D eigenvalue weighted by molar-refractivity contribution is -0.0760. The largest absolute Gasteiger partial charge is 0.444 e. The van der Waals surface area contributed by atoms with E-state index in [0.717, 1.165) is 5.06 Å². The molecule has 2 amide bonds. The third-order valence-corrected chi connectivity index (χ3v) is 3.47. The molecule has 0 unspecified atom stereocenters. The van der Waals surface area contributed by atoms with Crippen molar-refractivity contribution in [1.82, 2.24) is 14.9 Å². The summed E-state index contributed by atoms with van der Waals surface area (Å²) in [4.78, 5) is 36.5. The number of amides is 2. The van der Waals surface area contributed by atoms with Crippen molar-refractivity contribution in [2.24, 2.45) is 0 Å². The van der Waals surface area contributed by atoms with Crippen LogP contribution in [0.2, 0.25) is 0 Å². The Morgan fingerprint density at radius 1 is 1.25 bits per heavy atom. The van der Waals surface area contributed by atoms with Crippen molar-refractivity contribution in [3.05, 3.63) is 12.0 Å². The lowest BCUT2D eigenvalue weighted by atomic mass is 10.2. The minimum atomic E-state index is -0.514. The highest BCUT2D eigenvalue weighted by atomic mass is 16.7. The maximum Gasteiger partial charge on any atom is 0.410 e. The van der Waals surface area contributed by atoms with Gasteiger partial charge in [0, 0.05) is 33.2 Å². The number of aromatic nitrogens is 1. The van der Waals surface area contributed by atoms with Crippen LogP contribution >= 0.6 is 0 Å². The van der Waals surface area contributed by atoms with Gasteiger partial charge >= 0.3 is 6.09 Å². The molecule has 1 aromatic rings. The van der Waals surface area contributed by atoms with Gasteiger partial charge in [-0.3, -0.25) is 9.63 Å². The third kappa shape index (κ3) is 4.38. The summed E-state index contributed by atoms with van der Waals surface area (Å²) >= 11 is 0. The minimum Gasteiger partial charge on any atom is -0.444 e. The van der Waals surface area contributed by atoms with Crippen LogP contribution in [0.25, 0.3) is 0 Å². The zero-order valence-electron chi connectivity index (χ0n) is 14.7. The highest BCUT2D eigenvalue weighted by Gasteiger charge is 2.28. The van der Waals surface area contributed by atoms with Crippen molar-refractivity contribution in [2.45, 2.75) is 26.4 Å². The van der Waals surface area contributed by atoms with Crippen LogP contribution in [0, 0.1) is 0 Å². The molecule has 0 radical (unpaired) electrons. The summed E-state index contributed by atoms with van der Waals surface area (Å²) in [5.41, 5.74) is -0.344. The fraction of sp³-hybridized carbons (Fsp3) is 0.667. The quantitative estimate of drug-likeness (QED) is 0.768. The maximum absolute atomic E-state index is 12.0. The standard InChI is InChI=1S/C15H24N4O5/c1-15(2,3)24-14(21)19-8-6-18(7-9-19)13-16-11(10-23-13)12(20)17(4)22-5/h10H,6-9H2,1-5H3. The van der Waals surface area contributed by atoms with Crippen molar-refractivity contribution in [3.8, 4) is 0 Å². The summed E-state index contributed by atoms with van der Waals surface area (Å²) in [6.45, 7) is 7.61. The van der Waals surface area contributed by atoms with Crippen molar-refractivity contribution < 1.29 is 23.6 Å². The van der Waals surface area contributed by atoms with Gasteiger partial charge in [-0.2, -0.15) is 4.98 Å². The lowest BCUT2D eigenvalue weighted by Gasteiger charge is -2.34. The Hall–Kier alpha value is -2.29. The number of piperazine rings is 1. The zero-order chi connectivity index (χ0) is 17.9. The molecule has 1 aromatic heterocycles. The molecule has 0 aliphatic carbocycles. The van der Waals surface area contributed by atoms with Gasteiger partial charge in [0.2, 0.25) is 0 Å². The molecule has 134 valence electrons. The molecule has 24 heavy (non-hydrogen) atoms. The van der Waals surface area contributed by atoms with Gasteiger partial charge in [-0.05, 0) is 20.8 Å². The van der Waals surface area contributed by atoms with Crippen LogP contribution in [0.1, 0.15) is 31.3 Å². The molecule has 0 atom stereocenters. The number of carbonyl (C=O) groups excluding carboxylic acids is 2. The molecule has 2 rings (SSSR count). The SMILES string of the molecule is CON(C)C(=O)c1coc(N2CCN(C(=O)OC(C)(C)C)CC2)n1. The molecule has 1 aliphatic rings. The first-order valence-corrected chi connectivity index (χ1v) is 7.72. The van der Waals surface area contributed by atoms with Crippen molar-refractivity contribution in [3.63, 3.8) is 0 Å². The van der Waals surface area contributed by atoms with Gasteiger partial charge in [0.1, 0.15) is 11.9 Å². The first-order chi connectivity index (χ1) is 11.2. The average Bonchev–Trinajstić information content (AvgIpc) is 3.01. The second-order valence-electron chi connectivity index (χ2n) is 6.45. The predicted octanol–water partition coefficient (Wildman–Crippen LogP) is 1.37. The Balaban J connectivity index is 1.92. The van der Waals surface area contributed by atoms with Crippen LogP contribution in [0.3, 0.4) is 0 Å². The number of hydroxylamine groups is 2. The Labute approximate surface area is 141 Å². The third-order valence-electron chi connectivity index (χ3n) is 3.47. The maximum atomic E-state index is 12.0. The summed E-state index contributed by atoms with van der Waals surface area (Å²) < 4.78 is 10.7. The molecule has 0 aromatic carbocycles. The molecule has 0 spiro atoms. The molecule has 1 fully saturated rings. The molecule has 9 heteroatoms. The van der Waals surface area contributed by atoms with E-state index in [1.165, 1.54) is 20.4 Å². The number of ether oxygens (including phenoxy) is 1. The van der Waals surface area contributed by atoms with Crippen LogP contribution in [0.4, 0.5) is 10.8 Å². The zero-order valence-corrected chi connectivity index (χ0v) is 14.7. The van der Waals surface area contributed by atoms with E-state index in [-0.39, 0.29) is 17.7 Å². The van der Waals surface area contributed by atoms with E-state index < -0.39 is 5.60 Å². The summed E-state index contributed by atoms with van der Waals surface area (Å²) in [6.07, 6.45) is 0.972. The smallest absolute Gasteiger partial charge is 0.410 e. The van der Waals surface area contributed by atoms with Gasteiger partial charge < -0.3 is 19.0 Å². The topological polar surface area (TPSA) is 88.4 Å². The Kier molecular flexibility index (Phi) is 5.33. The highest BCUT2D eigenvalue weighted by molar-refractivity contribution is 5.91. The van der Waals surface area contributed by atoms with Gasteiger partial charge in [-0.1, -0.05) is 0 Å². The number of rotatable bonds is 3. The van der Waals surface area contributed by atoms with Gasteiger partial charge in [-0.15, -0.1) is 0 Å². The molecule has 0 saturated carbocycles. The van der Waals surface area contributed by atoms with Crippen molar-refractivity contribution in [1.29, 1.82) is 0 Å². The first kappa shape index (κ1) is 18.1. The van der Waals surface area contributed by atoms with Crippen LogP contribution in [0.5, 0.6) is 0 Å².